The third-order valence-electron chi connectivity index (χ3n) is 4.49. The molecular formula is C23H16Cl2N2O4. The van der Waals surface area contributed by atoms with Crippen molar-refractivity contribution in [1.29, 1.82) is 0 Å². The highest BCUT2D eigenvalue weighted by molar-refractivity contribution is 6.35. The highest BCUT2D eigenvalue weighted by atomic mass is 35.5. The van der Waals surface area contributed by atoms with E-state index in [4.69, 9.17) is 32.4 Å². The zero-order valence-electron chi connectivity index (χ0n) is 16.3. The summed E-state index contributed by atoms with van der Waals surface area (Å²) in [5, 5.41) is 4.00. The largest absolute Gasteiger partial charge is 0.463 e. The minimum absolute atomic E-state index is 0.280. The van der Waals surface area contributed by atoms with E-state index in [0.717, 1.165) is 0 Å². The van der Waals surface area contributed by atoms with Crippen molar-refractivity contribution < 1.29 is 18.7 Å². The predicted molar refractivity (Wildman–Crippen MR) is 119 cm³/mol. The summed E-state index contributed by atoms with van der Waals surface area (Å²) in [5.41, 5.74) is 1.78. The molecule has 4 aromatic rings. The first-order valence-electron chi connectivity index (χ1n) is 9.32. The number of esters is 1. The summed E-state index contributed by atoms with van der Waals surface area (Å²) >= 11 is 11.9. The first-order chi connectivity index (χ1) is 14.9. The zero-order valence-corrected chi connectivity index (χ0v) is 17.8. The maximum Gasteiger partial charge on any atom is 0.339 e. The van der Waals surface area contributed by atoms with Crippen LogP contribution in [0.3, 0.4) is 0 Å². The Labute approximate surface area is 187 Å². The lowest BCUT2D eigenvalue weighted by molar-refractivity contribution is -0.123. The van der Waals surface area contributed by atoms with Gasteiger partial charge in [0.15, 0.2) is 11.9 Å². The molecule has 1 atom stereocenters. The lowest BCUT2D eigenvalue weighted by Crippen LogP contribution is -2.30. The molecular weight excluding hydrogens is 439 g/mol. The standard InChI is InChI=1S/C23H16Cl2N2O4/c1-13(22(28)26-16-10-14(24)9-15(25)11-16)31-23(29)18-12-20(21-7-4-8-30-21)27-19-6-3-2-5-17(18)19/h2-13H,1H3,(H,26,28). The number of halogens is 2. The Bertz CT molecular complexity index is 1250. The van der Waals surface area contributed by atoms with E-state index in [-0.39, 0.29) is 5.56 Å². The summed E-state index contributed by atoms with van der Waals surface area (Å²) in [7, 11) is 0. The van der Waals surface area contributed by atoms with Gasteiger partial charge < -0.3 is 14.5 Å². The SMILES string of the molecule is CC(OC(=O)c1cc(-c2ccco2)nc2ccccc12)C(=O)Nc1cc(Cl)cc(Cl)c1. The Morgan fingerprint density at radius 2 is 1.77 bits per heavy atom. The van der Waals surface area contributed by atoms with Gasteiger partial charge in [0.1, 0.15) is 5.69 Å². The number of furan rings is 1. The average molecular weight is 455 g/mol. The van der Waals surface area contributed by atoms with Crippen molar-refractivity contribution in [1.82, 2.24) is 4.98 Å². The highest BCUT2D eigenvalue weighted by Gasteiger charge is 2.22. The number of para-hydroxylation sites is 1. The Balaban J connectivity index is 1.58. The van der Waals surface area contributed by atoms with Gasteiger partial charge in [0.05, 0.1) is 17.3 Å². The summed E-state index contributed by atoms with van der Waals surface area (Å²) in [5.74, 6) is -0.655. The van der Waals surface area contributed by atoms with Crippen LogP contribution in [0.1, 0.15) is 17.3 Å². The van der Waals surface area contributed by atoms with Crippen molar-refractivity contribution in [2.24, 2.45) is 0 Å². The number of nitrogens with zero attached hydrogens (tertiary/aromatic N) is 1. The van der Waals surface area contributed by atoms with Gasteiger partial charge in [-0.2, -0.15) is 0 Å². The Hall–Kier alpha value is -3.35. The number of pyridine rings is 1. The quantitative estimate of drug-likeness (QED) is 0.374. The molecule has 0 aliphatic rings. The average Bonchev–Trinajstić information content (AvgIpc) is 3.27. The summed E-state index contributed by atoms with van der Waals surface area (Å²) in [6.45, 7) is 1.48. The molecule has 0 aliphatic heterocycles. The van der Waals surface area contributed by atoms with Crippen molar-refractivity contribution in [2.45, 2.75) is 13.0 Å². The van der Waals surface area contributed by atoms with Crippen LogP contribution in [0.2, 0.25) is 10.0 Å². The third-order valence-corrected chi connectivity index (χ3v) is 4.93. The summed E-state index contributed by atoms with van der Waals surface area (Å²) in [4.78, 5) is 30.0. The number of anilines is 1. The van der Waals surface area contributed by atoms with Gasteiger partial charge in [-0.25, -0.2) is 9.78 Å². The fourth-order valence-corrected chi connectivity index (χ4v) is 3.57. The Morgan fingerprint density at radius 1 is 1.03 bits per heavy atom. The first kappa shape index (κ1) is 20.9. The van der Waals surface area contributed by atoms with Crippen molar-refractivity contribution in [3.05, 3.63) is 82.5 Å². The van der Waals surface area contributed by atoms with Gasteiger partial charge in [-0.15, -0.1) is 0 Å². The molecule has 2 aromatic carbocycles. The van der Waals surface area contributed by atoms with Gasteiger partial charge in [0, 0.05) is 21.1 Å². The van der Waals surface area contributed by atoms with E-state index in [9.17, 15) is 9.59 Å². The predicted octanol–water partition coefficient (Wildman–Crippen LogP) is 5.99. The lowest BCUT2D eigenvalue weighted by atomic mass is 10.1. The van der Waals surface area contributed by atoms with Gasteiger partial charge in [-0.1, -0.05) is 41.4 Å². The van der Waals surface area contributed by atoms with Gasteiger partial charge >= 0.3 is 5.97 Å². The molecule has 2 aromatic heterocycles. The van der Waals surface area contributed by atoms with Crippen molar-refractivity contribution >= 4 is 51.7 Å². The van der Waals surface area contributed by atoms with Gasteiger partial charge in [0.25, 0.3) is 5.91 Å². The van der Waals surface area contributed by atoms with Gasteiger partial charge in [-0.05, 0) is 49.4 Å². The molecule has 0 bridgehead atoms. The van der Waals surface area contributed by atoms with Crippen molar-refractivity contribution in [3.63, 3.8) is 0 Å². The van der Waals surface area contributed by atoms with Crippen LogP contribution in [0.25, 0.3) is 22.4 Å². The van der Waals surface area contributed by atoms with E-state index in [0.29, 0.717) is 38.1 Å². The van der Waals surface area contributed by atoms with Crippen LogP contribution >= 0.6 is 23.2 Å². The molecule has 0 aliphatic carbocycles. The smallest absolute Gasteiger partial charge is 0.339 e. The van der Waals surface area contributed by atoms with Crippen molar-refractivity contribution in [2.75, 3.05) is 5.32 Å². The zero-order chi connectivity index (χ0) is 22.0. The van der Waals surface area contributed by atoms with Crippen LogP contribution in [0, 0.1) is 0 Å². The third kappa shape index (κ3) is 4.71. The van der Waals surface area contributed by atoms with Gasteiger partial charge in [0.2, 0.25) is 0 Å². The molecule has 1 unspecified atom stereocenters. The van der Waals surface area contributed by atoms with Crippen LogP contribution in [-0.4, -0.2) is 23.0 Å². The number of rotatable bonds is 5. The molecule has 2 heterocycles. The molecule has 0 fully saturated rings. The maximum absolute atomic E-state index is 13.0. The van der Waals surface area contributed by atoms with Gasteiger partial charge in [-0.3, -0.25) is 4.79 Å². The Kier molecular flexibility index (Phi) is 5.93. The number of carbonyl (C=O) groups is 2. The summed E-state index contributed by atoms with van der Waals surface area (Å²) in [6, 6.07) is 16.9. The molecule has 156 valence electrons. The van der Waals surface area contributed by atoms with E-state index in [1.54, 1.807) is 54.6 Å². The molecule has 1 N–H and O–H groups in total. The number of hydrogen-bond donors (Lipinski definition) is 1. The van der Waals surface area contributed by atoms with Crippen LogP contribution in [0.4, 0.5) is 5.69 Å². The Morgan fingerprint density at radius 3 is 2.48 bits per heavy atom. The number of ether oxygens (including phenoxy) is 1. The second-order valence-corrected chi connectivity index (χ2v) is 7.62. The molecule has 4 rings (SSSR count). The lowest BCUT2D eigenvalue weighted by Gasteiger charge is -2.15. The van der Waals surface area contributed by atoms with Crippen LogP contribution < -0.4 is 5.32 Å². The van der Waals surface area contributed by atoms with E-state index in [1.165, 1.54) is 13.2 Å². The molecule has 0 spiro atoms. The summed E-state index contributed by atoms with van der Waals surface area (Å²) < 4.78 is 10.8. The molecule has 0 saturated heterocycles. The van der Waals surface area contributed by atoms with Crippen molar-refractivity contribution in [3.8, 4) is 11.5 Å². The first-order valence-corrected chi connectivity index (χ1v) is 10.1. The number of benzene rings is 2. The maximum atomic E-state index is 13.0. The van der Waals surface area contributed by atoms with Crippen LogP contribution in [0.5, 0.6) is 0 Å². The minimum atomic E-state index is -1.07. The topological polar surface area (TPSA) is 81.4 Å². The van der Waals surface area contributed by atoms with Crippen LogP contribution in [-0.2, 0) is 9.53 Å². The fourth-order valence-electron chi connectivity index (χ4n) is 3.04. The monoisotopic (exact) mass is 454 g/mol. The molecule has 0 radical (unpaired) electrons. The van der Waals surface area contributed by atoms with Crippen LogP contribution in [0.15, 0.2) is 71.3 Å². The molecule has 1 amide bonds. The number of carbonyl (C=O) groups excluding carboxylic acids is 2. The highest BCUT2D eigenvalue weighted by Crippen LogP contribution is 2.26. The second kappa shape index (κ2) is 8.79. The summed E-state index contributed by atoms with van der Waals surface area (Å²) in [6.07, 6.45) is 0.461. The normalized spacial score (nSPS) is 11.8. The van der Waals surface area contributed by atoms with E-state index in [1.807, 2.05) is 6.07 Å². The number of fused-ring (bicyclic) bond motifs is 1. The van der Waals surface area contributed by atoms with E-state index < -0.39 is 18.0 Å². The fraction of sp³-hybridized carbons (Fsp3) is 0.0870. The molecule has 0 saturated carbocycles. The minimum Gasteiger partial charge on any atom is -0.463 e. The number of aromatic nitrogens is 1. The molecule has 31 heavy (non-hydrogen) atoms. The number of amides is 1. The van der Waals surface area contributed by atoms with E-state index >= 15 is 0 Å². The number of hydrogen-bond acceptors (Lipinski definition) is 5. The molecule has 6 nitrogen and oxygen atoms in total. The number of nitrogens with one attached hydrogen (secondary N) is 1. The van der Waals surface area contributed by atoms with E-state index in [2.05, 4.69) is 10.3 Å². The molecule has 8 heteroatoms. The second-order valence-electron chi connectivity index (χ2n) is 6.74.